The van der Waals surface area contributed by atoms with Gasteiger partial charge >= 0.3 is 0 Å². The minimum atomic E-state index is -3.41. The molecule has 1 aromatic heterocycles. The van der Waals surface area contributed by atoms with Crippen molar-refractivity contribution in [2.45, 2.75) is 38.1 Å². The minimum absolute atomic E-state index is 0.259. The van der Waals surface area contributed by atoms with E-state index in [2.05, 4.69) is 10.5 Å². The van der Waals surface area contributed by atoms with Crippen LogP contribution in [0.1, 0.15) is 40.2 Å². The zero-order valence-electron chi connectivity index (χ0n) is 14.3. The van der Waals surface area contributed by atoms with Crippen LogP contribution in [0.15, 0.2) is 33.7 Å². The second kappa shape index (κ2) is 6.97. The Labute approximate surface area is 147 Å². The van der Waals surface area contributed by atoms with Crippen molar-refractivity contribution in [2.24, 2.45) is 0 Å². The lowest BCUT2D eigenvalue weighted by Crippen LogP contribution is -2.28. The topological polar surface area (TPSA) is 92.5 Å². The summed E-state index contributed by atoms with van der Waals surface area (Å²) >= 11 is 0. The maximum Gasteiger partial charge on any atom is 0.257 e. The van der Waals surface area contributed by atoms with E-state index in [0.717, 1.165) is 18.4 Å². The third-order valence-electron chi connectivity index (χ3n) is 4.34. The molecule has 7 nitrogen and oxygen atoms in total. The van der Waals surface area contributed by atoms with E-state index in [-0.39, 0.29) is 10.8 Å². The number of nitrogens with zero attached hydrogens (tertiary/aromatic N) is 2. The Morgan fingerprint density at radius 3 is 2.40 bits per heavy atom. The van der Waals surface area contributed by atoms with E-state index in [1.54, 1.807) is 38.1 Å². The lowest BCUT2D eigenvalue weighted by atomic mass is 10.2. The van der Waals surface area contributed by atoms with Crippen molar-refractivity contribution in [3.8, 4) is 0 Å². The summed E-state index contributed by atoms with van der Waals surface area (Å²) in [6.45, 7) is 4.86. The van der Waals surface area contributed by atoms with E-state index in [9.17, 15) is 13.2 Å². The number of sulfonamides is 1. The Morgan fingerprint density at radius 1 is 1.20 bits per heavy atom. The molecule has 0 unspecified atom stereocenters. The molecule has 1 fully saturated rings. The van der Waals surface area contributed by atoms with Crippen LogP contribution in [0.25, 0.3) is 0 Å². The van der Waals surface area contributed by atoms with E-state index < -0.39 is 10.0 Å². The summed E-state index contributed by atoms with van der Waals surface area (Å²) in [4.78, 5) is 12.5. The molecule has 1 amide bonds. The van der Waals surface area contributed by atoms with Crippen molar-refractivity contribution in [1.82, 2.24) is 14.8 Å². The molecule has 1 aliphatic heterocycles. The van der Waals surface area contributed by atoms with Crippen LogP contribution in [0.4, 0.5) is 0 Å². The summed E-state index contributed by atoms with van der Waals surface area (Å²) in [5.41, 5.74) is 1.80. The molecule has 2 heterocycles. The molecule has 2 aromatic rings. The molecule has 0 aliphatic carbocycles. The van der Waals surface area contributed by atoms with Gasteiger partial charge in [-0.15, -0.1) is 0 Å². The first-order chi connectivity index (χ1) is 11.9. The molecule has 0 radical (unpaired) electrons. The van der Waals surface area contributed by atoms with Crippen LogP contribution < -0.4 is 5.32 Å². The molecule has 0 spiro atoms. The molecule has 0 bridgehead atoms. The predicted molar refractivity (Wildman–Crippen MR) is 91.6 cm³/mol. The van der Waals surface area contributed by atoms with Crippen molar-refractivity contribution in [2.75, 3.05) is 13.1 Å². The number of carbonyl (C=O) groups is 1. The number of hydrogen-bond donors (Lipinski definition) is 1. The summed E-state index contributed by atoms with van der Waals surface area (Å²) < 4.78 is 31.5. The van der Waals surface area contributed by atoms with E-state index in [1.165, 1.54) is 4.31 Å². The Balaban J connectivity index is 1.66. The average molecular weight is 363 g/mol. The van der Waals surface area contributed by atoms with Gasteiger partial charge in [-0.2, -0.15) is 4.31 Å². The van der Waals surface area contributed by atoms with Crippen molar-refractivity contribution in [3.63, 3.8) is 0 Å². The molecule has 134 valence electrons. The van der Waals surface area contributed by atoms with Gasteiger partial charge in [0.15, 0.2) is 0 Å². The highest BCUT2D eigenvalue weighted by Crippen LogP contribution is 2.21. The number of carbonyl (C=O) groups excluding carboxylic acids is 1. The molecule has 1 N–H and O–H groups in total. The number of nitrogens with one attached hydrogen (secondary N) is 1. The van der Waals surface area contributed by atoms with Gasteiger partial charge in [0.05, 0.1) is 10.6 Å². The van der Waals surface area contributed by atoms with Gasteiger partial charge in [0, 0.05) is 19.6 Å². The number of rotatable bonds is 5. The van der Waals surface area contributed by atoms with E-state index in [0.29, 0.717) is 36.7 Å². The van der Waals surface area contributed by atoms with Crippen LogP contribution in [0.3, 0.4) is 0 Å². The van der Waals surface area contributed by atoms with Gasteiger partial charge in [-0.05, 0) is 44.4 Å². The van der Waals surface area contributed by atoms with Crippen LogP contribution >= 0.6 is 0 Å². The molecule has 8 heteroatoms. The molecule has 0 saturated carbocycles. The second-order valence-electron chi connectivity index (χ2n) is 6.14. The first kappa shape index (κ1) is 17.6. The fourth-order valence-corrected chi connectivity index (χ4v) is 4.45. The Bertz CT molecular complexity index is 846. The Morgan fingerprint density at radius 2 is 1.84 bits per heavy atom. The van der Waals surface area contributed by atoms with E-state index in [1.807, 2.05) is 0 Å². The van der Waals surface area contributed by atoms with E-state index in [4.69, 9.17) is 4.52 Å². The second-order valence-corrected chi connectivity index (χ2v) is 8.07. The quantitative estimate of drug-likeness (QED) is 0.877. The van der Waals surface area contributed by atoms with Crippen molar-refractivity contribution >= 4 is 15.9 Å². The van der Waals surface area contributed by atoms with Gasteiger partial charge in [-0.25, -0.2) is 8.42 Å². The highest BCUT2D eigenvalue weighted by molar-refractivity contribution is 7.89. The monoisotopic (exact) mass is 363 g/mol. The summed E-state index contributed by atoms with van der Waals surface area (Å²) in [5.74, 6) is 0.215. The molecule has 25 heavy (non-hydrogen) atoms. The molecule has 1 aliphatic rings. The zero-order chi connectivity index (χ0) is 18.0. The highest BCUT2D eigenvalue weighted by atomic mass is 32.2. The minimum Gasteiger partial charge on any atom is -0.361 e. The van der Waals surface area contributed by atoms with Crippen LogP contribution in [0, 0.1) is 13.8 Å². The molecule has 1 saturated heterocycles. The standard InChI is InChI=1S/C17H21N3O4S/c1-12-16(13(2)24-19-12)17(21)18-11-14-5-7-15(8-6-14)25(22,23)20-9-3-4-10-20/h5-8H,3-4,9-11H2,1-2H3,(H,18,21). The maximum absolute atomic E-state index is 12.5. The fraction of sp³-hybridized carbons (Fsp3) is 0.412. The van der Waals surface area contributed by atoms with Gasteiger partial charge in [-0.3, -0.25) is 4.79 Å². The van der Waals surface area contributed by atoms with Crippen LogP contribution in [-0.4, -0.2) is 36.9 Å². The van der Waals surface area contributed by atoms with E-state index >= 15 is 0 Å². The first-order valence-corrected chi connectivity index (χ1v) is 9.64. The largest absolute Gasteiger partial charge is 0.361 e. The Kier molecular flexibility index (Phi) is 4.91. The maximum atomic E-state index is 12.5. The van der Waals surface area contributed by atoms with Crippen molar-refractivity contribution < 1.29 is 17.7 Å². The van der Waals surface area contributed by atoms with Gasteiger partial charge in [0.25, 0.3) is 5.91 Å². The van der Waals surface area contributed by atoms with Crippen LogP contribution in [-0.2, 0) is 16.6 Å². The lowest BCUT2D eigenvalue weighted by Gasteiger charge is -2.15. The zero-order valence-corrected chi connectivity index (χ0v) is 15.1. The van der Waals surface area contributed by atoms with Crippen LogP contribution in [0.2, 0.25) is 0 Å². The van der Waals surface area contributed by atoms with Gasteiger partial charge in [0.2, 0.25) is 10.0 Å². The average Bonchev–Trinajstić information content (AvgIpc) is 3.24. The highest BCUT2D eigenvalue weighted by Gasteiger charge is 2.26. The predicted octanol–water partition coefficient (Wildman–Crippen LogP) is 2.01. The molecule has 3 rings (SSSR count). The number of hydrogen-bond acceptors (Lipinski definition) is 5. The third-order valence-corrected chi connectivity index (χ3v) is 6.25. The number of aryl methyl sites for hydroxylation is 2. The Hall–Kier alpha value is -2.19. The third kappa shape index (κ3) is 3.59. The molecular formula is C17H21N3O4S. The van der Waals surface area contributed by atoms with Crippen LogP contribution in [0.5, 0.6) is 0 Å². The molecule has 0 atom stereocenters. The SMILES string of the molecule is Cc1noc(C)c1C(=O)NCc1ccc(S(=O)(=O)N2CCCC2)cc1. The molecule has 1 aromatic carbocycles. The van der Waals surface area contributed by atoms with Gasteiger partial charge in [-0.1, -0.05) is 17.3 Å². The first-order valence-electron chi connectivity index (χ1n) is 8.20. The fourth-order valence-electron chi connectivity index (χ4n) is 2.93. The summed E-state index contributed by atoms with van der Waals surface area (Å²) in [7, 11) is -3.41. The number of aromatic nitrogens is 1. The lowest BCUT2D eigenvalue weighted by molar-refractivity contribution is 0.0949. The van der Waals surface area contributed by atoms with Gasteiger partial charge < -0.3 is 9.84 Å². The summed E-state index contributed by atoms with van der Waals surface area (Å²) in [6.07, 6.45) is 1.82. The molecular weight excluding hydrogens is 342 g/mol. The van der Waals surface area contributed by atoms with Crippen molar-refractivity contribution in [1.29, 1.82) is 0 Å². The number of benzene rings is 1. The summed E-state index contributed by atoms with van der Waals surface area (Å²) in [5, 5.41) is 6.56. The van der Waals surface area contributed by atoms with Gasteiger partial charge in [0.1, 0.15) is 11.3 Å². The van der Waals surface area contributed by atoms with Crippen molar-refractivity contribution in [3.05, 3.63) is 46.8 Å². The summed E-state index contributed by atoms with van der Waals surface area (Å²) in [6, 6.07) is 6.61. The number of amides is 1. The smallest absolute Gasteiger partial charge is 0.257 e. The normalized spacial score (nSPS) is 15.4.